The van der Waals surface area contributed by atoms with Crippen molar-refractivity contribution >= 4 is 38.5 Å². The van der Waals surface area contributed by atoms with Crippen LogP contribution in [-0.2, 0) is 11.0 Å². The molecule has 3 aromatic rings. The molecule has 0 unspecified atom stereocenters. The number of fused-ring (bicyclic) bond motifs is 1. The molecule has 3 heterocycles. The molecule has 0 bridgehead atoms. The number of nitrogens with one attached hydrogen (secondary N) is 1. The first-order chi connectivity index (χ1) is 12.9. The zero-order chi connectivity index (χ0) is 19.0. The van der Waals surface area contributed by atoms with Crippen molar-refractivity contribution in [2.24, 2.45) is 0 Å². The van der Waals surface area contributed by atoms with Crippen LogP contribution in [0.3, 0.4) is 0 Å². The van der Waals surface area contributed by atoms with E-state index >= 15 is 0 Å². The van der Waals surface area contributed by atoms with E-state index in [0.717, 1.165) is 22.5 Å². The number of alkyl halides is 3. The van der Waals surface area contributed by atoms with E-state index in [9.17, 15) is 18.0 Å². The summed E-state index contributed by atoms with van der Waals surface area (Å²) in [6.45, 7) is 0.416. The second kappa shape index (κ2) is 6.76. The smallest absolute Gasteiger partial charge is 0.329 e. The standard InChI is InChI=1S/C17H14F3N5OS/c18-17(19,20)13-7-8-21-15(23-13)25-9-3-5-11(25)14(26)24-16-22-10-4-1-2-6-12(10)27-16/h1-2,4,6-8,11H,3,5,9H2,(H,22,24,26)/t11-/m0/s1. The summed E-state index contributed by atoms with van der Waals surface area (Å²) in [4.78, 5) is 26.1. The second-order valence-corrected chi connectivity index (χ2v) is 7.10. The third-order valence-corrected chi connectivity index (χ3v) is 5.22. The maximum absolute atomic E-state index is 12.9. The van der Waals surface area contributed by atoms with E-state index < -0.39 is 17.9 Å². The Morgan fingerprint density at radius 3 is 2.81 bits per heavy atom. The van der Waals surface area contributed by atoms with Crippen molar-refractivity contribution in [1.82, 2.24) is 15.0 Å². The minimum atomic E-state index is -4.56. The Morgan fingerprint density at radius 1 is 1.22 bits per heavy atom. The van der Waals surface area contributed by atoms with Crippen LogP contribution in [0.2, 0.25) is 0 Å². The third-order valence-electron chi connectivity index (χ3n) is 4.27. The van der Waals surface area contributed by atoms with E-state index in [4.69, 9.17) is 0 Å². The lowest BCUT2D eigenvalue weighted by atomic mass is 10.2. The Hall–Kier alpha value is -2.75. The Kier molecular flexibility index (Phi) is 4.42. The number of hydrogen-bond acceptors (Lipinski definition) is 6. The molecule has 1 aliphatic heterocycles. The van der Waals surface area contributed by atoms with Gasteiger partial charge in [0.1, 0.15) is 11.7 Å². The molecular weight excluding hydrogens is 379 g/mol. The van der Waals surface area contributed by atoms with Crippen LogP contribution in [0.15, 0.2) is 36.5 Å². The predicted octanol–water partition coefficient (Wildman–Crippen LogP) is 3.71. The van der Waals surface area contributed by atoms with Gasteiger partial charge in [-0.15, -0.1) is 0 Å². The van der Waals surface area contributed by atoms with Gasteiger partial charge < -0.3 is 10.2 Å². The highest BCUT2D eigenvalue weighted by Gasteiger charge is 2.36. The number of amides is 1. The first-order valence-electron chi connectivity index (χ1n) is 8.25. The van der Waals surface area contributed by atoms with Crippen LogP contribution < -0.4 is 10.2 Å². The van der Waals surface area contributed by atoms with Crippen molar-refractivity contribution in [3.8, 4) is 0 Å². The summed E-state index contributed by atoms with van der Waals surface area (Å²) in [5, 5.41) is 3.22. The van der Waals surface area contributed by atoms with Crippen molar-refractivity contribution in [3.05, 3.63) is 42.2 Å². The Bertz CT molecular complexity index is 957. The van der Waals surface area contributed by atoms with Crippen molar-refractivity contribution in [2.45, 2.75) is 25.1 Å². The Balaban J connectivity index is 1.55. The van der Waals surface area contributed by atoms with Crippen LogP contribution in [-0.4, -0.2) is 33.4 Å². The number of thiazole rings is 1. The molecule has 0 spiro atoms. The fourth-order valence-corrected chi connectivity index (χ4v) is 3.91. The first kappa shape index (κ1) is 17.7. The number of halogens is 3. The van der Waals surface area contributed by atoms with E-state index in [0.29, 0.717) is 24.5 Å². The number of benzene rings is 1. The highest BCUT2D eigenvalue weighted by atomic mass is 32.1. The van der Waals surface area contributed by atoms with Gasteiger partial charge >= 0.3 is 6.18 Å². The molecule has 1 amide bonds. The summed E-state index contributed by atoms with van der Waals surface area (Å²) in [5.41, 5.74) is -0.243. The van der Waals surface area contributed by atoms with Gasteiger partial charge in [-0.25, -0.2) is 15.0 Å². The lowest BCUT2D eigenvalue weighted by molar-refractivity contribution is -0.141. The van der Waals surface area contributed by atoms with Gasteiger partial charge in [0.2, 0.25) is 11.9 Å². The number of carbonyl (C=O) groups is 1. The maximum atomic E-state index is 12.9. The van der Waals surface area contributed by atoms with E-state index in [-0.39, 0.29) is 11.9 Å². The molecule has 27 heavy (non-hydrogen) atoms. The molecule has 0 saturated carbocycles. The summed E-state index contributed by atoms with van der Waals surface area (Å²) in [6, 6.07) is 7.67. The van der Waals surface area contributed by atoms with Crippen LogP contribution in [0, 0.1) is 0 Å². The molecule has 0 aliphatic carbocycles. The SMILES string of the molecule is O=C(Nc1nc2ccccc2s1)[C@@H]1CCCN1c1nccc(C(F)(F)F)n1. The summed E-state index contributed by atoms with van der Waals surface area (Å²) >= 11 is 1.35. The Labute approximate surface area is 156 Å². The van der Waals surface area contributed by atoms with Gasteiger partial charge in [-0.2, -0.15) is 13.2 Å². The normalized spacial score (nSPS) is 17.4. The monoisotopic (exact) mass is 393 g/mol. The van der Waals surface area contributed by atoms with E-state index in [1.807, 2.05) is 24.3 Å². The molecule has 1 fully saturated rings. The van der Waals surface area contributed by atoms with Crippen LogP contribution >= 0.6 is 11.3 Å². The molecule has 1 aliphatic rings. The van der Waals surface area contributed by atoms with Crippen LogP contribution in [0.1, 0.15) is 18.5 Å². The van der Waals surface area contributed by atoms with E-state index in [1.165, 1.54) is 16.2 Å². The molecule has 140 valence electrons. The molecule has 2 aromatic heterocycles. The topological polar surface area (TPSA) is 71.0 Å². The summed E-state index contributed by atoms with van der Waals surface area (Å²) in [5.74, 6) is -0.417. The summed E-state index contributed by atoms with van der Waals surface area (Å²) in [7, 11) is 0. The number of para-hydroxylation sites is 1. The van der Waals surface area contributed by atoms with Crippen LogP contribution in [0.25, 0.3) is 10.2 Å². The second-order valence-electron chi connectivity index (χ2n) is 6.07. The predicted molar refractivity (Wildman–Crippen MR) is 95.7 cm³/mol. The lowest BCUT2D eigenvalue weighted by Gasteiger charge is -2.23. The molecule has 4 rings (SSSR count). The van der Waals surface area contributed by atoms with E-state index in [2.05, 4.69) is 20.3 Å². The van der Waals surface area contributed by atoms with Gasteiger partial charge in [0.15, 0.2) is 5.13 Å². The van der Waals surface area contributed by atoms with Crippen molar-refractivity contribution in [1.29, 1.82) is 0 Å². The zero-order valence-electron chi connectivity index (χ0n) is 13.9. The van der Waals surface area contributed by atoms with Gasteiger partial charge in [-0.1, -0.05) is 23.5 Å². The maximum Gasteiger partial charge on any atom is 0.433 e. The first-order valence-corrected chi connectivity index (χ1v) is 9.07. The van der Waals surface area contributed by atoms with Gasteiger partial charge in [0.05, 0.1) is 10.2 Å². The molecule has 1 saturated heterocycles. The zero-order valence-corrected chi connectivity index (χ0v) is 14.7. The quantitative estimate of drug-likeness (QED) is 0.735. The summed E-state index contributed by atoms with van der Waals surface area (Å²) in [6.07, 6.45) is -2.32. The highest BCUT2D eigenvalue weighted by molar-refractivity contribution is 7.22. The van der Waals surface area contributed by atoms with Crippen LogP contribution in [0.5, 0.6) is 0 Å². The van der Waals surface area contributed by atoms with Crippen molar-refractivity contribution in [3.63, 3.8) is 0 Å². The number of nitrogens with zero attached hydrogens (tertiary/aromatic N) is 4. The summed E-state index contributed by atoms with van der Waals surface area (Å²) < 4.78 is 39.7. The highest BCUT2D eigenvalue weighted by Crippen LogP contribution is 2.31. The van der Waals surface area contributed by atoms with Crippen LogP contribution in [0.4, 0.5) is 24.3 Å². The van der Waals surface area contributed by atoms with Gasteiger partial charge in [0, 0.05) is 12.7 Å². The van der Waals surface area contributed by atoms with Gasteiger partial charge in [-0.3, -0.25) is 4.79 Å². The van der Waals surface area contributed by atoms with Gasteiger partial charge in [0.25, 0.3) is 0 Å². The Morgan fingerprint density at radius 2 is 2.04 bits per heavy atom. The lowest BCUT2D eigenvalue weighted by Crippen LogP contribution is -2.40. The molecule has 10 heteroatoms. The number of aromatic nitrogens is 3. The number of rotatable bonds is 3. The fraction of sp³-hybridized carbons (Fsp3) is 0.294. The molecule has 1 N–H and O–H groups in total. The average Bonchev–Trinajstić information content (AvgIpc) is 3.27. The largest absolute Gasteiger partial charge is 0.433 e. The van der Waals surface area contributed by atoms with E-state index in [1.54, 1.807) is 0 Å². The molecule has 0 radical (unpaired) electrons. The third kappa shape index (κ3) is 3.57. The van der Waals surface area contributed by atoms with Crippen molar-refractivity contribution < 1.29 is 18.0 Å². The minimum absolute atomic E-state index is 0.0909. The molecular formula is C17H14F3N5OS. The minimum Gasteiger partial charge on any atom is -0.329 e. The number of anilines is 2. The fourth-order valence-electron chi connectivity index (χ4n) is 3.04. The number of hydrogen-bond donors (Lipinski definition) is 1. The number of carbonyl (C=O) groups excluding carboxylic acids is 1. The average molecular weight is 393 g/mol. The van der Waals surface area contributed by atoms with Gasteiger partial charge in [-0.05, 0) is 31.0 Å². The molecule has 1 aromatic carbocycles. The van der Waals surface area contributed by atoms with Crippen molar-refractivity contribution in [2.75, 3.05) is 16.8 Å². The molecule has 6 nitrogen and oxygen atoms in total. The molecule has 1 atom stereocenters.